The van der Waals surface area contributed by atoms with E-state index in [1.165, 1.54) is 6.92 Å². The summed E-state index contributed by atoms with van der Waals surface area (Å²) in [6, 6.07) is 0. The van der Waals surface area contributed by atoms with Gasteiger partial charge in [0.25, 0.3) is 5.79 Å². The van der Waals surface area contributed by atoms with Crippen LogP contribution in [-0.2, 0) is 19.1 Å². The smallest absolute Gasteiger partial charge is 0.339 e. The first kappa shape index (κ1) is 10.0. The zero-order valence-electron chi connectivity index (χ0n) is 8.75. The van der Waals surface area contributed by atoms with E-state index in [1.807, 2.05) is 0 Å². The fourth-order valence-electron chi connectivity index (χ4n) is 1.98. The summed E-state index contributed by atoms with van der Waals surface area (Å²) in [6.07, 6.45) is 1.57. The largest absolute Gasteiger partial charge is 0.417 e. The lowest BCUT2D eigenvalue weighted by atomic mass is 10.0. The Morgan fingerprint density at radius 3 is 3.00 bits per heavy atom. The summed E-state index contributed by atoms with van der Waals surface area (Å²) in [7, 11) is 0. The predicted molar refractivity (Wildman–Crippen MR) is 50.5 cm³/mol. The molecule has 0 bridgehead atoms. The number of hydrogen-bond donors (Lipinski definition) is 1. The molecule has 5 heteroatoms. The maximum absolute atomic E-state index is 11.5. The van der Waals surface area contributed by atoms with E-state index in [4.69, 9.17) is 9.47 Å². The van der Waals surface area contributed by atoms with E-state index in [9.17, 15) is 9.59 Å². The van der Waals surface area contributed by atoms with E-state index in [2.05, 4.69) is 5.32 Å². The second kappa shape index (κ2) is 3.25. The molecule has 2 aliphatic heterocycles. The molecule has 0 spiro atoms. The van der Waals surface area contributed by atoms with Crippen LogP contribution < -0.4 is 5.32 Å². The molecule has 0 saturated carbocycles. The highest BCUT2D eigenvalue weighted by molar-refractivity contribution is 5.93. The third kappa shape index (κ3) is 1.58. The summed E-state index contributed by atoms with van der Waals surface area (Å²) in [5.41, 5.74) is 1.21. The second-order valence-electron chi connectivity index (χ2n) is 3.81. The standard InChI is InChI=1S/C10H13NO4/c1-6(12)14-10(2)8-7(9(13)15-10)4-3-5-11-8/h11H,3-5H2,1-2H3. The van der Waals surface area contributed by atoms with Crippen LogP contribution in [-0.4, -0.2) is 24.3 Å². The van der Waals surface area contributed by atoms with Crippen molar-refractivity contribution in [2.45, 2.75) is 32.5 Å². The highest BCUT2D eigenvalue weighted by Crippen LogP contribution is 2.35. The van der Waals surface area contributed by atoms with Gasteiger partial charge in [0.05, 0.1) is 5.57 Å². The van der Waals surface area contributed by atoms with Crippen molar-refractivity contribution in [1.82, 2.24) is 5.32 Å². The van der Waals surface area contributed by atoms with Crippen molar-refractivity contribution in [2.75, 3.05) is 6.54 Å². The van der Waals surface area contributed by atoms with Crippen molar-refractivity contribution < 1.29 is 19.1 Å². The van der Waals surface area contributed by atoms with Crippen molar-refractivity contribution in [3.63, 3.8) is 0 Å². The quantitative estimate of drug-likeness (QED) is 0.638. The Bertz CT molecular complexity index is 360. The first-order valence-corrected chi connectivity index (χ1v) is 4.93. The highest BCUT2D eigenvalue weighted by atomic mass is 16.7. The monoisotopic (exact) mass is 211 g/mol. The van der Waals surface area contributed by atoms with Crippen LogP contribution in [0.2, 0.25) is 0 Å². The van der Waals surface area contributed by atoms with E-state index in [0.717, 1.165) is 13.0 Å². The molecule has 0 aromatic heterocycles. The summed E-state index contributed by atoms with van der Waals surface area (Å²) in [5, 5.41) is 3.06. The van der Waals surface area contributed by atoms with Gasteiger partial charge in [0, 0.05) is 20.4 Å². The number of nitrogens with one attached hydrogen (secondary N) is 1. The molecule has 0 radical (unpaired) electrons. The van der Waals surface area contributed by atoms with Crippen molar-refractivity contribution in [1.29, 1.82) is 0 Å². The fourth-order valence-corrected chi connectivity index (χ4v) is 1.98. The topological polar surface area (TPSA) is 64.6 Å². The Morgan fingerprint density at radius 2 is 2.33 bits per heavy atom. The lowest BCUT2D eigenvalue weighted by molar-refractivity contribution is -0.200. The zero-order valence-corrected chi connectivity index (χ0v) is 8.75. The van der Waals surface area contributed by atoms with E-state index in [1.54, 1.807) is 6.92 Å². The molecule has 5 nitrogen and oxygen atoms in total. The SMILES string of the molecule is CC(=O)OC1(C)OC(=O)C2=C1NCCC2. The van der Waals surface area contributed by atoms with E-state index >= 15 is 0 Å². The average molecular weight is 211 g/mol. The number of rotatable bonds is 1. The minimum Gasteiger partial charge on any atom is -0.417 e. The Morgan fingerprint density at radius 1 is 1.60 bits per heavy atom. The van der Waals surface area contributed by atoms with Gasteiger partial charge in [-0.1, -0.05) is 0 Å². The molecular weight excluding hydrogens is 198 g/mol. The molecule has 2 aliphatic rings. The Labute approximate surface area is 87.4 Å². The molecule has 1 N–H and O–H groups in total. The molecule has 1 atom stereocenters. The number of esters is 2. The van der Waals surface area contributed by atoms with Gasteiger partial charge >= 0.3 is 11.9 Å². The number of hydrogen-bond acceptors (Lipinski definition) is 5. The number of cyclic esters (lactones) is 1. The van der Waals surface area contributed by atoms with E-state index in [0.29, 0.717) is 17.7 Å². The minimum atomic E-state index is -1.25. The Hall–Kier alpha value is -1.52. The molecule has 0 aromatic carbocycles. The van der Waals surface area contributed by atoms with Gasteiger partial charge in [-0.3, -0.25) is 4.79 Å². The normalized spacial score (nSPS) is 29.3. The van der Waals surface area contributed by atoms with Crippen molar-refractivity contribution in [3.05, 3.63) is 11.3 Å². The summed E-state index contributed by atoms with van der Waals surface area (Å²) in [6.45, 7) is 3.64. The molecule has 0 amide bonds. The van der Waals surface area contributed by atoms with Crippen molar-refractivity contribution in [3.8, 4) is 0 Å². The van der Waals surface area contributed by atoms with Crippen LogP contribution in [0, 0.1) is 0 Å². The molecule has 0 aromatic rings. The Kier molecular flexibility index (Phi) is 2.17. The van der Waals surface area contributed by atoms with E-state index < -0.39 is 11.8 Å². The zero-order chi connectivity index (χ0) is 11.1. The third-order valence-electron chi connectivity index (χ3n) is 2.53. The first-order valence-electron chi connectivity index (χ1n) is 4.93. The lowest BCUT2D eigenvalue weighted by Gasteiger charge is -2.27. The van der Waals surface area contributed by atoms with Gasteiger partial charge in [-0.2, -0.15) is 0 Å². The third-order valence-corrected chi connectivity index (χ3v) is 2.53. The average Bonchev–Trinajstić information content (AvgIpc) is 2.39. The molecule has 0 aliphatic carbocycles. The summed E-state index contributed by atoms with van der Waals surface area (Å²) in [5.74, 6) is -2.11. The number of ether oxygens (including phenoxy) is 2. The molecule has 0 saturated heterocycles. The minimum absolute atomic E-state index is 0.388. The van der Waals surface area contributed by atoms with Gasteiger partial charge in [-0.15, -0.1) is 0 Å². The van der Waals surface area contributed by atoms with Gasteiger partial charge < -0.3 is 14.8 Å². The van der Waals surface area contributed by atoms with Crippen LogP contribution in [0.1, 0.15) is 26.7 Å². The van der Waals surface area contributed by atoms with Gasteiger partial charge in [-0.25, -0.2) is 4.79 Å². The highest BCUT2D eigenvalue weighted by Gasteiger charge is 2.47. The van der Waals surface area contributed by atoms with Crippen molar-refractivity contribution >= 4 is 11.9 Å². The lowest BCUT2D eigenvalue weighted by Crippen LogP contribution is -2.40. The molecule has 2 rings (SSSR count). The molecule has 0 fully saturated rings. The van der Waals surface area contributed by atoms with Crippen LogP contribution in [0.4, 0.5) is 0 Å². The van der Waals surface area contributed by atoms with Crippen LogP contribution in [0.5, 0.6) is 0 Å². The summed E-state index contributed by atoms with van der Waals surface area (Å²) >= 11 is 0. The molecule has 2 heterocycles. The van der Waals surface area contributed by atoms with Crippen LogP contribution in [0.25, 0.3) is 0 Å². The van der Waals surface area contributed by atoms with Crippen LogP contribution in [0.3, 0.4) is 0 Å². The van der Waals surface area contributed by atoms with Gasteiger partial charge in [0.15, 0.2) is 0 Å². The second-order valence-corrected chi connectivity index (χ2v) is 3.81. The maximum atomic E-state index is 11.5. The molecule has 15 heavy (non-hydrogen) atoms. The van der Waals surface area contributed by atoms with Gasteiger partial charge in [0.1, 0.15) is 5.70 Å². The predicted octanol–water partition coefficient (Wildman–Crippen LogP) is 0.460. The van der Waals surface area contributed by atoms with Gasteiger partial charge in [-0.05, 0) is 12.8 Å². The maximum Gasteiger partial charge on any atom is 0.339 e. The number of carbonyl (C=O) groups is 2. The summed E-state index contributed by atoms with van der Waals surface area (Å²) in [4.78, 5) is 22.4. The van der Waals surface area contributed by atoms with Gasteiger partial charge in [0.2, 0.25) is 0 Å². The van der Waals surface area contributed by atoms with Crippen LogP contribution >= 0.6 is 0 Å². The fraction of sp³-hybridized carbons (Fsp3) is 0.600. The van der Waals surface area contributed by atoms with Crippen LogP contribution in [0.15, 0.2) is 11.3 Å². The van der Waals surface area contributed by atoms with E-state index in [-0.39, 0.29) is 5.97 Å². The number of carbonyl (C=O) groups excluding carboxylic acids is 2. The Balaban J connectivity index is 2.32. The van der Waals surface area contributed by atoms with Crippen molar-refractivity contribution in [2.24, 2.45) is 0 Å². The molecule has 82 valence electrons. The first-order chi connectivity index (χ1) is 7.03. The summed E-state index contributed by atoms with van der Waals surface area (Å²) < 4.78 is 10.1. The molecular formula is C10H13NO4. The molecule has 1 unspecified atom stereocenters.